The summed E-state index contributed by atoms with van der Waals surface area (Å²) in [6.07, 6.45) is 2.87. The molecule has 0 unspecified atom stereocenters. The topological polar surface area (TPSA) is 103 Å². The second-order valence-corrected chi connectivity index (χ2v) is 8.82. The van der Waals surface area contributed by atoms with Crippen molar-refractivity contribution in [2.75, 3.05) is 11.9 Å². The number of carbonyl (C=O) groups excluding carboxylic acids is 2. The fraction of sp³-hybridized carbons (Fsp3) is 0.238. The molecule has 0 bridgehead atoms. The first-order chi connectivity index (χ1) is 14.9. The predicted octanol–water partition coefficient (Wildman–Crippen LogP) is 4.21. The Morgan fingerprint density at radius 3 is 2.84 bits per heavy atom. The first-order valence-electron chi connectivity index (χ1n) is 9.48. The minimum absolute atomic E-state index is 0.195. The Hall–Kier alpha value is -3.24. The van der Waals surface area contributed by atoms with Crippen LogP contribution in [0.4, 0.5) is 5.00 Å². The van der Waals surface area contributed by atoms with Crippen molar-refractivity contribution in [2.24, 2.45) is 0 Å². The van der Waals surface area contributed by atoms with E-state index in [1.54, 1.807) is 24.4 Å². The van der Waals surface area contributed by atoms with Crippen molar-refractivity contribution in [1.82, 2.24) is 9.55 Å². The van der Waals surface area contributed by atoms with Crippen LogP contribution in [-0.2, 0) is 16.1 Å². The molecule has 0 aliphatic rings. The summed E-state index contributed by atoms with van der Waals surface area (Å²) >= 11 is 2.64. The molecule has 1 N–H and O–H groups in total. The summed E-state index contributed by atoms with van der Waals surface area (Å²) in [6.45, 7) is 5.48. The molecule has 0 radical (unpaired) electrons. The number of anilines is 1. The molecule has 4 rings (SSSR count). The first kappa shape index (κ1) is 21.0. The number of ether oxygens (including phenoxy) is 1. The van der Waals surface area contributed by atoms with Crippen molar-refractivity contribution in [2.45, 2.75) is 27.3 Å². The van der Waals surface area contributed by atoms with Crippen LogP contribution in [0.5, 0.6) is 0 Å². The molecule has 160 valence electrons. The highest BCUT2D eigenvalue weighted by Crippen LogP contribution is 2.36. The van der Waals surface area contributed by atoms with Crippen molar-refractivity contribution in [1.29, 1.82) is 0 Å². The molecular formula is C21H19N3O5S2. The minimum atomic E-state index is -0.560. The van der Waals surface area contributed by atoms with E-state index >= 15 is 0 Å². The number of hydrogen-bond acceptors (Lipinski definition) is 8. The highest BCUT2D eigenvalue weighted by molar-refractivity contribution is 7.18. The van der Waals surface area contributed by atoms with Gasteiger partial charge in [-0.05, 0) is 38.5 Å². The van der Waals surface area contributed by atoms with Gasteiger partial charge in [-0.1, -0.05) is 0 Å². The number of thiophene rings is 2. The fourth-order valence-electron chi connectivity index (χ4n) is 3.17. The fourth-order valence-corrected chi connectivity index (χ4v) is 5.11. The van der Waals surface area contributed by atoms with Gasteiger partial charge in [-0.15, -0.1) is 22.7 Å². The second-order valence-electron chi connectivity index (χ2n) is 6.74. The molecule has 4 heterocycles. The van der Waals surface area contributed by atoms with Crippen LogP contribution in [0.2, 0.25) is 0 Å². The lowest BCUT2D eigenvalue weighted by atomic mass is 10.1. The van der Waals surface area contributed by atoms with E-state index in [1.165, 1.54) is 39.8 Å². The number of nitrogens with one attached hydrogen (secondary N) is 1. The molecule has 0 spiro atoms. The molecule has 4 aromatic rings. The van der Waals surface area contributed by atoms with E-state index in [0.717, 1.165) is 10.4 Å². The minimum Gasteiger partial charge on any atom is -0.464 e. The normalized spacial score (nSPS) is 11.1. The smallest absolute Gasteiger partial charge is 0.341 e. The maximum Gasteiger partial charge on any atom is 0.341 e. The number of nitrogens with zero attached hydrogens (tertiary/aromatic N) is 2. The zero-order valence-corrected chi connectivity index (χ0v) is 18.7. The van der Waals surface area contributed by atoms with Gasteiger partial charge in [-0.3, -0.25) is 14.2 Å². The Balaban J connectivity index is 1.63. The van der Waals surface area contributed by atoms with E-state index in [-0.39, 0.29) is 24.3 Å². The van der Waals surface area contributed by atoms with Gasteiger partial charge in [0.25, 0.3) is 5.56 Å². The highest BCUT2D eigenvalue weighted by atomic mass is 32.1. The lowest BCUT2D eigenvalue weighted by Crippen LogP contribution is -2.28. The summed E-state index contributed by atoms with van der Waals surface area (Å²) < 4.78 is 11.8. The number of esters is 1. The number of aromatic nitrogens is 2. The van der Waals surface area contributed by atoms with E-state index < -0.39 is 11.9 Å². The molecule has 0 atom stereocenters. The van der Waals surface area contributed by atoms with Gasteiger partial charge < -0.3 is 14.5 Å². The van der Waals surface area contributed by atoms with Gasteiger partial charge in [-0.25, -0.2) is 9.78 Å². The quantitative estimate of drug-likeness (QED) is 0.435. The van der Waals surface area contributed by atoms with Gasteiger partial charge in [0.1, 0.15) is 27.7 Å². The first-order valence-corrected chi connectivity index (χ1v) is 11.2. The van der Waals surface area contributed by atoms with Crippen LogP contribution in [0.15, 0.2) is 39.3 Å². The van der Waals surface area contributed by atoms with E-state index in [0.29, 0.717) is 26.5 Å². The van der Waals surface area contributed by atoms with Crippen molar-refractivity contribution in [3.8, 4) is 11.3 Å². The van der Waals surface area contributed by atoms with Gasteiger partial charge in [0, 0.05) is 15.8 Å². The monoisotopic (exact) mass is 457 g/mol. The Labute approximate surface area is 185 Å². The summed E-state index contributed by atoms with van der Waals surface area (Å²) in [4.78, 5) is 44.1. The van der Waals surface area contributed by atoms with E-state index in [4.69, 9.17) is 9.15 Å². The lowest BCUT2D eigenvalue weighted by Gasteiger charge is -2.09. The van der Waals surface area contributed by atoms with Crippen LogP contribution in [0.1, 0.15) is 27.7 Å². The number of aryl methyl sites for hydroxylation is 2. The molecule has 10 heteroatoms. The zero-order chi connectivity index (χ0) is 22.1. The SMILES string of the molecule is CCOC(=O)c1c(-c2ccco2)csc1NC(=O)Cn1cnc2sc(C)c(C)c2c1=O. The molecule has 4 aromatic heterocycles. The van der Waals surface area contributed by atoms with Gasteiger partial charge in [-0.2, -0.15) is 0 Å². The van der Waals surface area contributed by atoms with Gasteiger partial charge in [0.15, 0.2) is 0 Å². The van der Waals surface area contributed by atoms with E-state index in [1.807, 2.05) is 13.8 Å². The Kier molecular flexibility index (Phi) is 5.75. The van der Waals surface area contributed by atoms with Gasteiger partial charge in [0.2, 0.25) is 5.91 Å². The molecule has 31 heavy (non-hydrogen) atoms. The third-order valence-electron chi connectivity index (χ3n) is 4.78. The number of amides is 1. The number of fused-ring (bicyclic) bond motifs is 1. The third-order valence-corrected chi connectivity index (χ3v) is 6.79. The summed E-state index contributed by atoms with van der Waals surface area (Å²) in [5.74, 6) is -0.518. The average Bonchev–Trinajstić information content (AvgIpc) is 3.45. The van der Waals surface area contributed by atoms with Crippen molar-refractivity contribution in [3.05, 3.63) is 56.5 Å². The highest BCUT2D eigenvalue weighted by Gasteiger charge is 2.24. The largest absolute Gasteiger partial charge is 0.464 e. The van der Waals surface area contributed by atoms with Crippen LogP contribution in [0.25, 0.3) is 21.5 Å². The molecule has 0 fully saturated rings. The number of rotatable bonds is 6. The average molecular weight is 458 g/mol. The Bertz CT molecular complexity index is 1330. The summed E-state index contributed by atoms with van der Waals surface area (Å²) in [5.41, 5.74) is 1.36. The molecule has 0 aliphatic carbocycles. The summed E-state index contributed by atoms with van der Waals surface area (Å²) in [7, 11) is 0. The Morgan fingerprint density at radius 1 is 1.32 bits per heavy atom. The van der Waals surface area contributed by atoms with Crippen molar-refractivity contribution < 1.29 is 18.7 Å². The number of hydrogen-bond donors (Lipinski definition) is 1. The van der Waals surface area contributed by atoms with Crippen LogP contribution in [0.3, 0.4) is 0 Å². The van der Waals surface area contributed by atoms with Crippen LogP contribution >= 0.6 is 22.7 Å². The van der Waals surface area contributed by atoms with Gasteiger partial charge >= 0.3 is 5.97 Å². The summed E-state index contributed by atoms with van der Waals surface area (Å²) in [6, 6.07) is 3.44. The standard InChI is InChI=1S/C21H19N3O5S2/c1-4-28-21(27)17-13(14-6-5-7-29-14)9-30-19(17)23-15(25)8-24-10-22-18-16(20(24)26)11(2)12(3)31-18/h5-7,9-10H,4,8H2,1-3H3,(H,23,25). The molecule has 0 aromatic carbocycles. The van der Waals surface area contributed by atoms with Crippen molar-refractivity contribution in [3.63, 3.8) is 0 Å². The molecule has 0 aliphatic heterocycles. The zero-order valence-electron chi connectivity index (χ0n) is 17.1. The second kappa shape index (κ2) is 8.48. The predicted molar refractivity (Wildman–Crippen MR) is 120 cm³/mol. The van der Waals surface area contributed by atoms with Gasteiger partial charge in [0.05, 0.1) is 24.6 Å². The van der Waals surface area contributed by atoms with Crippen LogP contribution < -0.4 is 10.9 Å². The number of furan rings is 1. The molecular weight excluding hydrogens is 438 g/mol. The van der Waals surface area contributed by atoms with Crippen LogP contribution in [-0.4, -0.2) is 28.0 Å². The Morgan fingerprint density at radius 2 is 2.13 bits per heavy atom. The maximum atomic E-state index is 12.8. The molecule has 1 amide bonds. The molecule has 0 saturated carbocycles. The summed E-state index contributed by atoms with van der Waals surface area (Å²) in [5, 5.41) is 5.31. The van der Waals surface area contributed by atoms with E-state index in [9.17, 15) is 14.4 Å². The van der Waals surface area contributed by atoms with Crippen LogP contribution in [0, 0.1) is 13.8 Å². The van der Waals surface area contributed by atoms with Crippen molar-refractivity contribution >= 4 is 49.8 Å². The maximum absolute atomic E-state index is 12.8. The van der Waals surface area contributed by atoms with E-state index in [2.05, 4.69) is 10.3 Å². The third kappa shape index (κ3) is 3.91. The lowest BCUT2D eigenvalue weighted by molar-refractivity contribution is -0.116. The number of carbonyl (C=O) groups is 2. The molecule has 8 nitrogen and oxygen atoms in total. The molecule has 0 saturated heterocycles.